The average Bonchev–Trinajstić information content (AvgIpc) is 2.68. The molecule has 0 heterocycles. The fourth-order valence-electron chi connectivity index (χ4n) is 3.61. The number of quaternary nitrogens is 2. The summed E-state index contributed by atoms with van der Waals surface area (Å²) in [5.74, 6) is -1.14. The van der Waals surface area contributed by atoms with Crippen molar-refractivity contribution in [2.24, 2.45) is 0 Å². The highest BCUT2D eigenvalue weighted by atomic mass is 32.2. The summed E-state index contributed by atoms with van der Waals surface area (Å²) in [5.41, 5.74) is 0. The molecule has 12 nitrogen and oxygen atoms in total. The van der Waals surface area contributed by atoms with Crippen molar-refractivity contribution in [3.63, 3.8) is 0 Å². The lowest BCUT2D eigenvalue weighted by atomic mass is 10.2. The number of nitrogens with one attached hydrogen (secondary N) is 2. The topological polar surface area (TPSA) is 167 Å². The maximum absolute atomic E-state index is 12.0. The molecule has 35 heavy (non-hydrogen) atoms. The van der Waals surface area contributed by atoms with Gasteiger partial charge in [0.05, 0.1) is 65.9 Å². The van der Waals surface area contributed by atoms with Crippen LogP contribution in [-0.4, -0.2) is 126 Å². The van der Waals surface area contributed by atoms with Crippen LogP contribution >= 0.6 is 0 Å². The van der Waals surface area contributed by atoms with Gasteiger partial charge in [0, 0.05) is 25.9 Å². The molecule has 0 atom stereocenters. The van der Waals surface area contributed by atoms with Crippen molar-refractivity contribution in [1.82, 2.24) is 10.6 Å². The molecule has 2 amide bonds. The Morgan fingerprint density at radius 3 is 1.23 bits per heavy atom. The Balaban J connectivity index is 3.92. The van der Waals surface area contributed by atoms with E-state index < -0.39 is 20.2 Å². The summed E-state index contributed by atoms with van der Waals surface area (Å²) < 4.78 is 61.8. The number of carbonyl (C=O) groups excluding carboxylic acids is 2. The average molecular weight is 547 g/mol. The van der Waals surface area contributed by atoms with Gasteiger partial charge >= 0.3 is 0 Å². The van der Waals surface area contributed by atoms with Crippen LogP contribution in [0.15, 0.2) is 0 Å². The number of hydrogen-bond donors (Lipinski definition) is 4. The summed E-state index contributed by atoms with van der Waals surface area (Å²) in [5, 5.41) is 5.48. The highest BCUT2D eigenvalue weighted by molar-refractivity contribution is 7.86. The van der Waals surface area contributed by atoms with Crippen molar-refractivity contribution in [2.45, 2.75) is 44.9 Å². The molecule has 0 saturated heterocycles. The fourth-order valence-corrected chi connectivity index (χ4v) is 4.75. The maximum atomic E-state index is 12.0. The van der Waals surface area contributed by atoms with E-state index in [4.69, 9.17) is 9.11 Å². The van der Waals surface area contributed by atoms with Crippen LogP contribution in [-0.2, 0) is 29.8 Å². The molecule has 0 aromatic rings. The molecule has 0 radical (unpaired) electrons. The van der Waals surface area contributed by atoms with Crippen LogP contribution in [0.1, 0.15) is 44.9 Å². The summed E-state index contributed by atoms with van der Waals surface area (Å²) in [6.45, 7) is 3.96. The van der Waals surface area contributed by atoms with Crippen LogP contribution < -0.4 is 10.6 Å². The summed E-state index contributed by atoms with van der Waals surface area (Å²) in [7, 11) is 0.230. The molecular formula is C21H46N4O8S2+2. The predicted octanol–water partition coefficient (Wildman–Crippen LogP) is -0.122. The van der Waals surface area contributed by atoms with E-state index in [1.807, 2.05) is 28.2 Å². The Hall–Kier alpha value is -1.32. The Bertz CT molecular complexity index is 789. The summed E-state index contributed by atoms with van der Waals surface area (Å²) in [4.78, 5) is 23.9. The van der Waals surface area contributed by atoms with Crippen molar-refractivity contribution in [3.05, 3.63) is 0 Å². The van der Waals surface area contributed by atoms with Gasteiger partial charge in [-0.1, -0.05) is 0 Å². The molecule has 0 saturated carbocycles. The minimum Gasteiger partial charge on any atom is -0.355 e. The van der Waals surface area contributed by atoms with Gasteiger partial charge in [0.1, 0.15) is 6.42 Å². The van der Waals surface area contributed by atoms with E-state index in [9.17, 15) is 26.4 Å². The zero-order chi connectivity index (χ0) is 27.2. The fraction of sp³-hybridized carbons (Fsp3) is 0.905. The van der Waals surface area contributed by atoms with Gasteiger partial charge in [-0.3, -0.25) is 18.7 Å². The predicted molar refractivity (Wildman–Crippen MR) is 135 cm³/mol. The number of rotatable bonds is 20. The number of amides is 2. The minimum absolute atomic E-state index is 0.234. The maximum Gasteiger partial charge on any atom is 0.264 e. The summed E-state index contributed by atoms with van der Waals surface area (Å²) in [6.07, 6.45) is 3.35. The molecule has 0 aliphatic rings. The van der Waals surface area contributed by atoms with Crippen molar-refractivity contribution in [1.29, 1.82) is 0 Å². The SMILES string of the molecule is C[N+](C)(CCCCS(=O)(=O)O)CCCNC(=O)CC(=O)NCCC[N+](C)(C)CCCCS(=O)(=O)O. The van der Waals surface area contributed by atoms with Gasteiger partial charge in [0.25, 0.3) is 20.2 Å². The molecule has 0 aromatic heterocycles. The standard InChI is InChI=1S/C21H44N4O8S2/c1-24(2,13-5-7-17-34(28,29)30)15-9-11-22-20(26)19-21(27)23-12-10-16-25(3,4)14-6-8-18-35(31,32)33/h5-19H2,1-4H3,(H2-2,22,23,26,27,28,29,30,31,32,33)/p+2. The van der Waals surface area contributed by atoms with Crippen LogP contribution in [0.4, 0.5) is 0 Å². The van der Waals surface area contributed by atoms with Crippen molar-refractivity contribution in [3.8, 4) is 0 Å². The molecule has 0 unspecified atom stereocenters. The van der Waals surface area contributed by atoms with Gasteiger partial charge in [-0.05, 0) is 25.7 Å². The quantitative estimate of drug-likeness (QED) is 0.0709. The van der Waals surface area contributed by atoms with E-state index >= 15 is 0 Å². The highest BCUT2D eigenvalue weighted by Crippen LogP contribution is 2.05. The van der Waals surface area contributed by atoms with E-state index in [1.165, 1.54) is 0 Å². The minimum atomic E-state index is -3.92. The zero-order valence-corrected chi connectivity index (χ0v) is 23.3. The Kier molecular flexibility index (Phi) is 15.1. The van der Waals surface area contributed by atoms with Gasteiger partial charge in [-0.2, -0.15) is 16.8 Å². The van der Waals surface area contributed by atoms with E-state index in [2.05, 4.69) is 10.6 Å². The van der Waals surface area contributed by atoms with Gasteiger partial charge in [-0.15, -0.1) is 0 Å². The Morgan fingerprint density at radius 1 is 0.600 bits per heavy atom. The molecule has 0 fully saturated rings. The van der Waals surface area contributed by atoms with E-state index in [1.54, 1.807) is 0 Å². The van der Waals surface area contributed by atoms with E-state index in [0.717, 1.165) is 39.0 Å². The normalized spacial score (nSPS) is 13.0. The molecular weight excluding hydrogens is 500 g/mol. The third-order valence-corrected chi connectivity index (χ3v) is 7.29. The molecule has 0 bridgehead atoms. The second-order valence-electron chi connectivity index (χ2n) is 10.3. The lowest BCUT2D eigenvalue weighted by Crippen LogP contribution is -2.43. The number of hydrogen-bond acceptors (Lipinski definition) is 6. The van der Waals surface area contributed by atoms with Gasteiger partial charge in [0.2, 0.25) is 11.8 Å². The lowest BCUT2D eigenvalue weighted by molar-refractivity contribution is -0.890. The van der Waals surface area contributed by atoms with Crippen molar-refractivity contribution in [2.75, 3.05) is 79.0 Å². The molecule has 0 aliphatic carbocycles. The molecule has 14 heteroatoms. The molecule has 4 N–H and O–H groups in total. The zero-order valence-electron chi connectivity index (χ0n) is 21.7. The summed E-state index contributed by atoms with van der Waals surface area (Å²) in [6, 6.07) is 0. The van der Waals surface area contributed by atoms with Gasteiger partial charge < -0.3 is 19.6 Å². The van der Waals surface area contributed by atoms with Crippen LogP contribution in [0.25, 0.3) is 0 Å². The first-order chi connectivity index (χ1) is 15.9. The third kappa shape index (κ3) is 22.9. The number of nitrogens with zero attached hydrogens (tertiary/aromatic N) is 2. The molecule has 0 aromatic carbocycles. The van der Waals surface area contributed by atoms with E-state index in [-0.39, 0.29) is 29.7 Å². The molecule has 208 valence electrons. The Labute approximate surface area is 211 Å². The van der Waals surface area contributed by atoms with Crippen LogP contribution in [0.5, 0.6) is 0 Å². The summed E-state index contributed by atoms with van der Waals surface area (Å²) >= 11 is 0. The third-order valence-electron chi connectivity index (χ3n) is 5.68. The second kappa shape index (κ2) is 15.7. The smallest absolute Gasteiger partial charge is 0.264 e. The first-order valence-electron chi connectivity index (χ1n) is 12.0. The van der Waals surface area contributed by atoms with Gasteiger partial charge in [-0.25, -0.2) is 0 Å². The van der Waals surface area contributed by atoms with E-state index in [0.29, 0.717) is 47.7 Å². The van der Waals surface area contributed by atoms with Crippen molar-refractivity contribution < 1.29 is 44.5 Å². The van der Waals surface area contributed by atoms with Crippen molar-refractivity contribution >= 4 is 32.1 Å². The highest BCUT2D eigenvalue weighted by Gasteiger charge is 2.17. The number of unbranched alkanes of at least 4 members (excludes halogenated alkanes) is 2. The van der Waals surface area contributed by atoms with Gasteiger partial charge in [0.15, 0.2) is 0 Å². The lowest BCUT2D eigenvalue weighted by Gasteiger charge is -2.30. The largest absolute Gasteiger partial charge is 0.355 e. The molecule has 0 aliphatic heterocycles. The van der Waals surface area contributed by atoms with Crippen LogP contribution in [0.2, 0.25) is 0 Å². The first-order valence-corrected chi connectivity index (χ1v) is 15.2. The molecule has 0 spiro atoms. The second-order valence-corrected chi connectivity index (χ2v) is 13.5. The number of carbonyl (C=O) groups is 2. The van der Waals surface area contributed by atoms with Crippen LogP contribution in [0, 0.1) is 0 Å². The van der Waals surface area contributed by atoms with Crippen LogP contribution in [0.3, 0.4) is 0 Å². The Morgan fingerprint density at radius 2 is 0.914 bits per heavy atom. The monoisotopic (exact) mass is 546 g/mol. The first kappa shape index (κ1) is 33.7. The molecule has 0 rings (SSSR count).